The molecule has 0 aliphatic carbocycles. The fourth-order valence-electron chi connectivity index (χ4n) is 0.131. The van der Waals surface area contributed by atoms with Gasteiger partial charge in [0.2, 0.25) is 0 Å². The Balaban J connectivity index is 3.46. The standard InChI is InChI=1S/C4H5Cl2N/c1-2-7-3-4(5)6/h2-3H,1H3. The number of halogens is 2. The predicted octanol–water partition coefficient (Wildman–Crippen LogP) is 2.35. The van der Waals surface area contributed by atoms with E-state index >= 15 is 0 Å². The minimum Gasteiger partial charge on any atom is -0.267 e. The summed E-state index contributed by atoms with van der Waals surface area (Å²) < 4.78 is 0.179. The van der Waals surface area contributed by atoms with Crippen molar-refractivity contribution in [2.75, 3.05) is 0 Å². The van der Waals surface area contributed by atoms with Crippen LogP contribution in [-0.4, -0.2) is 6.21 Å². The average Bonchev–Trinajstić information content (AvgIpc) is 1.61. The summed E-state index contributed by atoms with van der Waals surface area (Å²) in [5.74, 6) is 0. The summed E-state index contributed by atoms with van der Waals surface area (Å²) in [6, 6.07) is 0. The third-order valence-electron chi connectivity index (χ3n) is 0.321. The van der Waals surface area contributed by atoms with Gasteiger partial charge in [-0.05, 0) is 6.92 Å². The van der Waals surface area contributed by atoms with Crippen molar-refractivity contribution in [2.45, 2.75) is 6.92 Å². The van der Waals surface area contributed by atoms with Crippen molar-refractivity contribution in [2.24, 2.45) is 4.99 Å². The Kier molecular flexibility index (Phi) is 4.15. The zero-order valence-corrected chi connectivity index (χ0v) is 5.37. The van der Waals surface area contributed by atoms with Crippen LogP contribution >= 0.6 is 23.2 Å². The van der Waals surface area contributed by atoms with Gasteiger partial charge in [-0.2, -0.15) is 0 Å². The molecule has 0 radical (unpaired) electrons. The number of hydrogen-bond donors (Lipinski definition) is 0. The summed E-state index contributed by atoms with van der Waals surface area (Å²) >= 11 is 10.3. The van der Waals surface area contributed by atoms with Gasteiger partial charge in [0, 0.05) is 6.21 Å². The van der Waals surface area contributed by atoms with E-state index in [9.17, 15) is 0 Å². The Morgan fingerprint density at radius 2 is 2.14 bits per heavy atom. The van der Waals surface area contributed by atoms with E-state index in [1.807, 2.05) is 0 Å². The Hall–Kier alpha value is -0.0100. The van der Waals surface area contributed by atoms with Crippen molar-refractivity contribution in [3.8, 4) is 0 Å². The minimum absolute atomic E-state index is 0.179. The van der Waals surface area contributed by atoms with Gasteiger partial charge in [-0.3, -0.25) is 4.99 Å². The fourth-order valence-corrected chi connectivity index (χ4v) is 0.244. The summed E-state index contributed by atoms with van der Waals surface area (Å²) in [7, 11) is 0. The highest BCUT2D eigenvalue weighted by atomic mass is 35.5. The van der Waals surface area contributed by atoms with Crippen molar-refractivity contribution in [1.82, 2.24) is 0 Å². The molecule has 0 spiro atoms. The molecule has 0 aromatic rings. The van der Waals surface area contributed by atoms with Gasteiger partial charge < -0.3 is 0 Å². The first-order valence-corrected chi connectivity index (χ1v) is 2.52. The molecule has 7 heavy (non-hydrogen) atoms. The molecular weight excluding hydrogens is 133 g/mol. The number of aliphatic imine (C=N–C) groups is 1. The first-order chi connectivity index (χ1) is 3.27. The normalized spacial score (nSPS) is 9.57. The Morgan fingerprint density at radius 1 is 1.57 bits per heavy atom. The number of rotatable bonds is 1. The van der Waals surface area contributed by atoms with Crippen LogP contribution < -0.4 is 0 Å². The number of nitrogens with zero attached hydrogens (tertiary/aromatic N) is 1. The molecule has 0 N–H and O–H groups in total. The second-order valence-electron chi connectivity index (χ2n) is 0.826. The molecule has 1 nitrogen and oxygen atoms in total. The minimum atomic E-state index is 0.179. The molecule has 0 saturated heterocycles. The number of hydrogen-bond acceptors (Lipinski definition) is 1. The van der Waals surface area contributed by atoms with Gasteiger partial charge in [0.25, 0.3) is 0 Å². The van der Waals surface area contributed by atoms with Crippen LogP contribution in [0.1, 0.15) is 6.92 Å². The Labute approximate surface area is 52.6 Å². The molecule has 0 fully saturated rings. The first-order valence-electron chi connectivity index (χ1n) is 1.76. The van der Waals surface area contributed by atoms with Gasteiger partial charge in [0.1, 0.15) is 4.49 Å². The van der Waals surface area contributed by atoms with Crippen LogP contribution in [0.5, 0.6) is 0 Å². The van der Waals surface area contributed by atoms with E-state index in [1.54, 1.807) is 13.1 Å². The molecule has 0 rings (SSSR count). The van der Waals surface area contributed by atoms with Crippen molar-refractivity contribution < 1.29 is 0 Å². The van der Waals surface area contributed by atoms with Crippen molar-refractivity contribution in [1.29, 1.82) is 0 Å². The van der Waals surface area contributed by atoms with Gasteiger partial charge in [-0.25, -0.2) is 0 Å². The lowest BCUT2D eigenvalue weighted by molar-refractivity contribution is 1.58. The third kappa shape index (κ3) is 5.99. The molecule has 3 heteroatoms. The SMILES string of the molecule is CC=NC=C(Cl)Cl. The van der Waals surface area contributed by atoms with E-state index in [-0.39, 0.29) is 4.49 Å². The molecule has 0 atom stereocenters. The molecule has 0 heterocycles. The van der Waals surface area contributed by atoms with Gasteiger partial charge in [-0.15, -0.1) is 0 Å². The van der Waals surface area contributed by atoms with E-state index in [0.717, 1.165) is 0 Å². The molecule has 0 amide bonds. The van der Waals surface area contributed by atoms with E-state index in [4.69, 9.17) is 23.2 Å². The maximum atomic E-state index is 5.17. The van der Waals surface area contributed by atoms with Gasteiger partial charge >= 0.3 is 0 Å². The quantitative estimate of drug-likeness (QED) is 0.493. The fraction of sp³-hybridized carbons (Fsp3) is 0.250. The summed E-state index contributed by atoms with van der Waals surface area (Å²) in [6.45, 7) is 1.78. The van der Waals surface area contributed by atoms with Crippen LogP contribution in [0.4, 0.5) is 0 Å². The highest BCUT2D eigenvalue weighted by molar-refractivity contribution is 6.55. The zero-order chi connectivity index (χ0) is 5.70. The van der Waals surface area contributed by atoms with Crippen LogP contribution in [0.25, 0.3) is 0 Å². The lowest BCUT2D eigenvalue weighted by Gasteiger charge is -1.72. The van der Waals surface area contributed by atoms with Gasteiger partial charge in [0.05, 0.1) is 6.20 Å². The average molecular weight is 138 g/mol. The van der Waals surface area contributed by atoms with Crippen molar-refractivity contribution >= 4 is 29.4 Å². The molecule has 40 valence electrons. The van der Waals surface area contributed by atoms with Crippen LogP contribution in [0.3, 0.4) is 0 Å². The monoisotopic (exact) mass is 137 g/mol. The maximum absolute atomic E-state index is 5.17. The summed E-state index contributed by atoms with van der Waals surface area (Å²) in [5.41, 5.74) is 0. The molecule has 0 saturated carbocycles. The van der Waals surface area contributed by atoms with Crippen LogP contribution in [-0.2, 0) is 0 Å². The lowest BCUT2D eigenvalue weighted by Crippen LogP contribution is -1.53. The molecule has 0 aromatic heterocycles. The van der Waals surface area contributed by atoms with Crippen molar-refractivity contribution in [3.05, 3.63) is 10.7 Å². The second kappa shape index (κ2) is 4.16. The van der Waals surface area contributed by atoms with Crippen LogP contribution in [0.15, 0.2) is 15.7 Å². The van der Waals surface area contributed by atoms with Gasteiger partial charge in [-0.1, -0.05) is 23.2 Å². The first kappa shape index (κ1) is 6.99. The maximum Gasteiger partial charge on any atom is 0.125 e. The summed E-state index contributed by atoms with van der Waals surface area (Å²) in [5, 5.41) is 0. The molecule has 0 aliphatic rings. The molecule has 0 unspecified atom stereocenters. The zero-order valence-electron chi connectivity index (χ0n) is 3.86. The Bertz CT molecular complexity index is 91.9. The van der Waals surface area contributed by atoms with E-state index < -0.39 is 0 Å². The molecule has 0 bridgehead atoms. The van der Waals surface area contributed by atoms with Crippen molar-refractivity contribution in [3.63, 3.8) is 0 Å². The highest BCUT2D eigenvalue weighted by Crippen LogP contribution is 2.04. The lowest BCUT2D eigenvalue weighted by atomic mass is 10.9. The highest BCUT2D eigenvalue weighted by Gasteiger charge is 1.73. The molecule has 0 aliphatic heterocycles. The van der Waals surface area contributed by atoms with E-state index in [0.29, 0.717) is 0 Å². The topological polar surface area (TPSA) is 12.4 Å². The largest absolute Gasteiger partial charge is 0.267 e. The van der Waals surface area contributed by atoms with E-state index in [1.165, 1.54) is 6.20 Å². The van der Waals surface area contributed by atoms with Crippen LogP contribution in [0, 0.1) is 0 Å². The molecular formula is C4H5Cl2N. The predicted molar refractivity (Wildman–Crippen MR) is 34.0 cm³/mol. The smallest absolute Gasteiger partial charge is 0.125 e. The van der Waals surface area contributed by atoms with Crippen LogP contribution in [0.2, 0.25) is 0 Å². The third-order valence-corrected chi connectivity index (χ3v) is 0.516. The summed E-state index contributed by atoms with van der Waals surface area (Å²) in [4.78, 5) is 3.62. The van der Waals surface area contributed by atoms with Gasteiger partial charge in [0.15, 0.2) is 0 Å². The second-order valence-corrected chi connectivity index (χ2v) is 1.83. The van der Waals surface area contributed by atoms with E-state index in [2.05, 4.69) is 4.99 Å². The molecule has 0 aromatic carbocycles. The Morgan fingerprint density at radius 3 is 2.29 bits per heavy atom. The summed E-state index contributed by atoms with van der Waals surface area (Å²) in [6.07, 6.45) is 2.97.